The van der Waals surface area contributed by atoms with Crippen molar-refractivity contribution in [1.29, 1.82) is 0 Å². The minimum atomic E-state index is 0.0132. The smallest absolute Gasteiger partial charge is 0.224 e. The number of hydrogen-bond donors (Lipinski definition) is 0. The summed E-state index contributed by atoms with van der Waals surface area (Å²) in [4.78, 5) is 14.5. The fraction of sp³-hybridized carbons (Fsp3) is 0.316. The molecule has 1 atom stereocenters. The number of carbonyl (C=O) groups is 1. The number of carbonyl (C=O) groups excluding carboxylic acids is 1. The molecule has 0 spiro atoms. The molecule has 3 rings (SSSR count). The Morgan fingerprint density at radius 3 is 2.65 bits per heavy atom. The molecule has 3 nitrogen and oxygen atoms in total. The highest BCUT2D eigenvalue weighted by Crippen LogP contribution is 2.41. The summed E-state index contributed by atoms with van der Waals surface area (Å²) in [6, 6.07) is 18.2. The predicted octanol–water partition coefficient (Wildman–Crippen LogP) is 4.25. The summed E-state index contributed by atoms with van der Waals surface area (Å²) in [7, 11) is 0. The summed E-state index contributed by atoms with van der Waals surface area (Å²) in [5.74, 6) is 1.94. The van der Waals surface area contributed by atoms with Crippen molar-refractivity contribution in [2.75, 3.05) is 12.4 Å². The van der Waals surface area contributed by atoms with Crippen molar-refractivity contribution < 1.29 is 9.53 Å². The Bertz CT molecular complexity index is 659. The zero-order chi connectivity index (χ0) is 16.1. The Hall–Kier alpha value is -1.94. The molecule has 1 aliphatic rings. The Morgan fingerprint density at radius 1 is 1.13 bits per heavy atom. The van der Waals surface area contributed by atoms with Crippen LogP contribution in [0.25, 0.3) is 0 Å². The Labute approximate surface area is 141 Å². The van der Waals surface area contributed by atoms with Gasteiger partial charge in [0.1, 0.15) is 11.1 Å². The van der Waals surface area contributed by atoms with Crippen LogP contribution in [-0.2, 0) is 11.3 Å². The number of rotatable bonds is 5. The Balaban J connectivity index is 1.90. The minimum Gasteiger partial charge on any atom is -0.493 e. The standard InChI is InChI=1S/C19H21NO2S/c1-2-22-17-11-7-6-10-16(17)19-20(18(21)12-13-23-19)14-15-8-4-3-5-9-15/h3-11,19H,2,12-14H2,1H3. The van der Waals surface area contributed by atoms with Gasteiger partial charge in [-0.25, -0.2) is 0 Å². The van der Waals surface area contributed by atoms with Crippen LogP contribution in [0.5, 0.6) is 5.75 Å². The average molecular weight is 327 g/mol. The molecule has 1 amide bonds. The molecule has 0 radical (unpaired) electrons. The molecule has 0 aliphatic carbocycles. The molecule has 0 aromatic heterocycles. The molecule has 2 aromatic rings. The summed E-state index contributed by atoms with van der Waals surface area (Å²) >= 11 is 1.81. The monoisotopic (exact) mass is 327 g/mol. The van der Waals surface area contributed by atoms with Crippen molar-refractivity contribution in [3.8, 4) is 5.75 Å². The third-order valence-electron chi connectivity index (χ3n) is 3.88. The van der Waals surface area contributed by atoms with Gasteiger partial charge in [-0.05, 0) is 18.6 Å². The van der Waals surface area contributed by atoms with Crippen LogP contribution in [0.1, 0.15) is 29.8 Å². The van der Waals surface area contributed by atoms with Crippen LogP contribution in [0.2, 0.25) is 0 Å². The largest absolute Gasteiger partial charge is 0.493 e. The molecule has 2 aromatic carbocycles. The van der Waals surface area contributed by atoms with Crippen molar-refractivity contribution in [3.05, 3.63) is 65.7 Å². The first-order chi connectivity index (χ1) is 11.3. The van der Waals surface area contributed by atoms with Crippen molar-refractivity contribution in [1.82, 2.24) is 4.90 Å². The molecule has 23 heavy (non-hydrogen) atoms. The maximum atomic E-state index is 12.5. The predicted molar refractivity (Wildman–Crippen MR) is 94.4 cm³/mol. The van der Waals surface area contributed by atoms with Gasteiger partial charge in [0.05, 0.1) is 6.61 Å². The van der Waals surface area contributed by atoms with Crippen LogP contribution in [0.3, 0.4) is 0 Å². The van der Waals surface area contributed by atoms with Gasteiger partial charge in [-0.3, -0.25) is 4.79 Å². The number of para-hydroxylation sites is 1. The number of benzene rings is 2. The summed E-state index contributed by atoms with van der Waals surface area (Å²) in [5, 5.41) is 0.0132. The fourth-order valence-corrected chi connectivity index (χ4v) is 4.06. The number of thioether (sulfide) groups is 1. The van der Waals surface area contributed by atoms with Gasteiger partial charge in [0, 0.05) is 24.3 Å². The van der Waals surface area contributed by atoms with Gasteiger partial charge in [0.25, 0.3) is 0 Å². The minimum absolute atomic E-state index is 0.0132. The molecular weight excluding hydrogens is 306 g/mol. The molecule has 120 valence electrons. The van der Waals surface area contributed by atoms with Gasteiger partial charge < -0.3 is 9.64 Å². The van der Waals surface area contributed by atoms with E-state index in [2.05, 4.69) is 18.2 Å². The van der Waals surface area contributed by atoms with E-state index < -0.39 is 0 Å². The molecule has 0 N–H and O–H groups in total. The fourth-order valence-electron chi connectivity index (χ4n) is 2.80. The zero-order valence-corrected chi connectivity index (χ0v) is 14.1. The SMILES string of the molecule is CCOc1ccccc1C1SCCC(=O)N1Cc1ccccc1. The summed E-state index contributed by atoms with van der Waals surface area (Å²) in [6.07, 6.45) is 0.602. The molecule has 1 fully saturated rings. The molecular formula is C19H21NO2S. The lowest BCUT2D eigenvalue weighted by Gasteiger charge is -2.36. The van der Waals surface area contributed by atoms with Gasteiger partial charge in [-0.2, -0.15) is 0 Å². The van der Waals surface area contributed by atoms with Crippen LogP contribution in [0.4, 0.5) is 0 Å². The van der Waals surface area contributed by atoms with E-state index in [0.717, 1.165) is 22.6 Å². The highest BCUT2D eigenvalue weighted by molar-refractivity contribution is 7.99. The first kappa shape index (κ1) is 15.9. The van der Waals surface area contributed by atoms with Crippen molar-refractivity contribution >= 4 is 17.7 Å². The highest BCUT2D eigenvalue weighted by atomic mass is 32.2. The zero-order valence-electron chi connectivity index (χ0n) is 13.3. The molecule has 1 aliphatic heterocycles. The molecule has 4 heteroatoms. The number of ether oxygens (including phenoxy) is 1. The Kier molecular flexibility index (Phi) is 5.23. The van der Waals surface area contributed by atoms with Crippen LogP contribution in [-0.4, -0.2) is 23.2 Å². The van der Waals surface area contributed by atoms with E-state index >= 15 is 0 Å². The first-order valence-corrected chi connectivity index (χ1v) is 9.01. The summed E-state index contributed by atoms with van der Waals surface area (Å²) in [6.45, 7) is 3.25. The van der Waals surface area contributed by atoms with E-state index in [1.54, 1.807) is 0 Å². The van der Waals surface area contributed by atoms with Gasteiger partial charge in [0.2, 0.25) is 5.91 Å². The maximum absolute atomic E-state index is 12.5. The van der Waals surface area contributed by atoms with Crippen LogP contribution >= 0.6 is 11.8 Å². The van der Waals surface area contributed by atoms with Crippen molar-refractivity contribution in [3.63, 3.8) is 0 Å². The first-order valence-electron chi connectivity index (χ1n) is 7.96. The third-order valence-corrected chi connectivity index (χ3v) is 5.14. The number of nitrogens with zero attached hydrogens (tertiary/aromatic N) is 1. The van der Waals surface area contributed by atoms with Crippen LogP contribution < -0.4 is 4.74 Å². The lowest BCUT2D eigenvalue weighted by atomic mass is 10.1. The molecule has 1 heterocycles. The summed E-state index contributed by atoms with van der Waals surface area (Å²) in [5.41, 5.74) is 2.24. The Morgan fingerprint density at radius 2 is 1.87 bits per heavy atom. The second kappa shape index (κ2) is 7.55. The van der Waals surface area contributed by atoms with E-state index in [1.165, 1.54) is 0 Å². The van der Waals surface area contributed by atoms with Gasteiger partial charge in [0.15, 0.2) is 0 Å². The quantitative estimate of drug-likeness (QED) is 0.822. The molecule has 1 unspecified atom stereocenters. The van der Waals surface area contributed by atoms with Crippen molar-refractivity contribution in [2.24, 2.45) is 0 Å². The summed E-state index contributed by atoms with van der Waals surface area (Å²) < 4.78 is 5.77. The lowest BCUT2D eigenvalue weighted by molar-refractivity contribution is -0.132. The lowest BCUT2D eigenvalue weighted by Crippen LogP contribution is -2.36. The van der Waals surface area contributed by atoms with Crippen LogP contribution in [0, 0.1) is 0 Å². The van der Waals surface area contributed by atoms with E-state index in [0.29, 0.717) is 19.6 Å². The average Bonchev–Trinajstić information content (AvgIpc) is 2.59. The van der Waals surface area contributed by atoms with E-state index in [-0.39, 0.29) is 11.3 Å². The van der Waals surface area contributed by atoms with Crippen LogP contribution in [0.15, 0.2) is 54.6 Å². The van der Waals surface area contributed by atoms with Gasteiger partial charge in [-0.1, -0.05) is 48.5 Å². The highest BCUT2D eigenvalue weighted by Gasteiger charge is 2.31. The van der Waals surface area contributed by atoms with E-state index in [1.807, 2.05) is 60.0 Å². The second-order valence-electron chi connectivity index (χ2n) is 5.45. The van der Waals surface area contributed by atoms with E-state index in [4.69, 9.17) is 4.74 Å². The van der Waals surface area contributed by atoms with Crippen molar-refractivity contribution in [2.45, 2.75) is 25.3 Å². The van der Waals surface area contributed by atoms with Gasteiger partial charge in [-0.15, -0.1) is 11.8 Å². The maximum Gasteiger partial charge on any atom is 0.224 e. The van der Waals surface area contributed by atoms with E-state index in [9.17, 15) is 4.79 Å². The number of hydrogen-bond acceptors (Lipinski definition) is 3. The topological polar surface area (TPSA) is 29.5 Å². The third kappa shape index (κ3) is 3.70. The molecule has 0 bridgehead atoms. The molecule has 1 saturated heterocycles. The second-order valence-corrected chi connectivity index (χ2v) is 6.64. The molecule has 0 saturated carbocycles. The normalized spacial score (nSPS) is 18.0. The van der Waals surface area contributed by atoms with Gasteiger partial charge >= 0.3 is 0 Å². The number of amides is 1.